The molecule has 0 spiro atoms. The molecule has 1 aromatic carbocycles. The molecule has 0 saturated carbocycles. The van der Waals surface area contributed by atoms with Gasteiger partial charge in [-0.05, 0) is 42.2 Å². The molecule has 4 N–H and O–H groups in total. The Hall–Kier alpha value is -1.87. The lowest BCUT2D eigenvalue weighted by Gasteiger charge is -2.24. The Balaban J connectivity index is 1.74. The van der Waals surface area contributed by atoms with E-state index < -0.39 is 12.0 Å². The van der Waals surface area contributed by atoms with Gasteiger partial charge in [-0.15, -0.1) is 22.7 Å². The summed E-state index contributed by atoms with van der Waals surface area (Å²) in [6, 6.07) is 11.9. The summed E-state index contributed by atoms with van der Waals surface area (Å²) in [5.41, 5.74) is 8.41. The molecule has 2 aromatic heterocycles. The molecule has 1 amide bonds. The number of thiophene rings is 1. The fourth-order valence-electron chi connectivity index (χ4n) is 2.63. The summed E-state index contributed by atoms with van der Waals surface area (Å²) in [6.45, 7) is 8.31. The molecule has 0 aliphatic rings. The number of aromatic nitrogens is 1. The number of nitrogens with zero attached hydrogens (tertiary/aromatic N) is 1. The Morgan fingerprint density at radius 1 is 1.28 bits per heavy atom. The molecule has 2 atom stereocenters. The van der Waals surface area contributed by atoms with Crippen molar-refractivity contribution in [2.24, 2.45) is 5.73 Å². The van der Waals surface area contributed by atoms with Crippen molar-refractivity contribution in [3.63, 3.8) is 0 Å². The van der Waals surface area contributed by atoms with Crippen molar-refractivity contribution >= 4 is 46.0 Å². The summed E-state index contributed by atoms with van der Waals surface area (Å²) < 4.78 is 0.847. The lowest BCUT2D eigenvalue weighted by molar-refractivity contribution is 0.100. The van der Waals surface area contributed by atoms with Crippen LogP contribution in [-0.2, 0) is 5.41 Å². The molecule has 3 rings (SSSR count). The Morgan fingerprint density at radius 2 is 2.03 bits per heavy atom. The maximum absolute atomic E-state index is 11.3. The summed E-state index contributed by atoms with van der Waals surface area (Å²) >= 11 is 4.34. The number of amides is 1. The molecular formula is C21H25N3O2S3. The monoisotopic (exact) mass is 447 g/mol. The Bertz CT molecular complexity index is 989. The smallest absolute Gasteiger partial charge is 0.258 e. The van der Waals surface area contributed by atoms with Crippen LogP contribution in [0.25, 0.3) is 10.6 Å². The van der Waals surface area contributed by atoms with Crippen LogP contribution in [0.4, 0.5) is 5.69 Å². The molecule has 0 radical (unpaired) electrons. The van der Waals surface area contributed by atoms with Crippen LogP contribution in [0.5, 0.6) is 0 Å². The first-order valence-corrected chi connectivity index (χ1v) is 11.8. The van der Waals surface area contributed by atoms with Gasteiger partial charge in [-0.3, -0.25) is 4.79 Å². The normalized spacial score (nSPS) is 13.8. The highest BCUT2D eigenvalue weighted by atomic mass is 32.2. The predicted molar refractivity (Wildman–Crippen MR) is 124 cm³/mol. The van der Waals surface area contributed by atoms with Crippen LogP contribution >= 0.6 is 34.4 Å². The minimum Gasteiger partial charge on any atom is -0.390 e. The number of hydrogen-bond donors (Lipinski definition) is 3. The average molecular weight is 448 g/mol. The van der Waals surface area contributed by atoms with Crippen molar-refractivity contribution in [2.45, 2.75) is 48.9 Å². The number of anilines is 1. The summed E-state index contributed by atoms with van der Waals surface area (Å²) in [5, 5.41) is 15.4. The van der Waals surface area contributed by atoms with Crippen LogP contribution in [0.15, 0.2) is 46.1 Å². The van der Waals surface area contributed by atoms with E-state index in [9.17, 15) is 9.90 Å². The standard InChI is InChI=1S/C21H25N3O2S3/c1-12(25)19(23-14-7-5-6-13(10-14)21(2,3)4)29-20-24-15(11-27-20)16-8-9-17(28-16)18(22)26/h5-12,19,23,25H,1-4H3,(H2,22,26). The number of thiazole rings is 1. The minimum atomic E-state index is -0.575. The molecule has 154 valence electrons. The van der Waals surface area contributed by atoms with Crippen molar-refractivity contribution in [3.8, 4) is 10.6 Å². The first kappa shape index (κ1) is 21.8. The van der Waals surface area contributed by atoms with Gasteiger partial charge in [-0.2, -0.15) is 0 Å². The first-order chi connectivity index (χ1) is 13.6. The molecule has 0 aliphatic heterocycles. The molecule has 5 nitrogen and oxygen atoms in total. The molecule has 8 heteroatoms. The van der Waals surface area contributed by atoms with Crippen LogP contribution in [0, 0.1) is 0 Å². The maximum Gasteiger partial charge on any atom is 0.258 e. The van der Waals surface area contributed by atoms with Gasteiger partial charge in [-0.1, -0.05) is 44.7 Å². The Kier molecular flexibility index (Phi) is 6.68. The van der Waals surface area contributed by atoms with Gasteiger partial charge in [0.2, 0.25) is 0 Å². The van der Waals surface area contributed by atoms with Crippen molar-refractivity contribution < 1.29 is 9.90 Å². The third-order valence-electron chi connectivity index (χ3n) is 4.29. The van der Waals surface area contributed by atoms with Crippen molar-refractivity contribution in [1.29, 1.82) is 0 Å². The zero-order valence-electron chi connectivity index (χ0n) is 16.8. The van der Waals surface area contributed by atoms with Crippen molar-refractivity contribution in [3.05, 3.63) is 52.2 Å². The number of hydrogen-bond acceptors (Lipinski definition) is 7. The van der Waals surface area contributed by atoms with Crippen molar-refractivity contribution in [2.75, 3.05) is 5.32 Å². The largest absolute Gasteiger partial charge is 0.390 e. The van der Waals surface area contributed by atoms with E-state index >= 15 is 0 Å². The van der Waals surface area contributed by atoms with E-state index in [1.54, 1.807) is 13.0 Å². The summed E-state index contributed by atoms with van der Waals surface area (Å²) in [6.07, 6.45) is -0.575. The first-order valence-electron chi connectivity index (χ1n) is 9.21. The van der Waals surface area contributed by atoms with E-state index in [1.807, 2.05) is 23.6 Å². The number of nitrogens with one attached hydrogen (secondary N) is 1. The molecule has 3 aromatic rings. The van der Waals surface area contributed by atoms with Gasteiger partial charge in [0.15, 0.2) is 4.34 Å². The maximum atomic E-state index is 11.3. The van der Waals surface area contributed by atoms with Crippen molar-refractivity contribution in [1.82, 2.24) is 4.98 Å². The number of primary amides is 1. The zero-order chi connectivity index (χ0) is 21.2. The van der Waals surface area contributed by atoms with Crippen LogP contribution in [0.3, 0.4) is 0 Å². The van der Waals surface area contributed by atoms with E-state index in [-0.39, 0.29) is 10.8 Å². The molecule has 2 heterocycles. The molecule has 0 saturated heterocycles. The van der Waals surface area contributed by atoms with Crippen LogP contribution in [-0.4, -0.2) is 27.5 Å². The van der Waals surface area contributed by atoms with E-state index in [2.05, 4.69) is 43.2 Å². The fraction of sp³-hybridized carbons (Fsp3) is 0.333. The second-order valence-corrected chi connectivity index (χ2v) is 11.1. The lowest BCUT2D eigenvalue weighted by Crippen LogP contribution is -2.28. The molecule has 0 aliphatic carbocycles. The number of carbonyl (C=O) groups is 1. The molecular weight excluding hydrogens is 422 g/mol. The zero-order valence-corrected chi connectivity index (χ0v) is 19.3. The Morgan fingerprint density at radius 3 is 2.66 bits per heavy atom. The summed E-state index contributed by atoms with van der Waals surface area (Å²) in [4.78, 5) is 17.4. The van der Waals surface area contributed by atoms with Gasteiger partial charge in [0.25, 0.3) is 5.91 Å². The number of thioether (sulfide) groups is 1. The number of nitrogens with two attached hydrogens (primary N) is 1. The molecule has 29 heavy (non-hydrogen) atoms. The fourth-order valence-corrected chi connectivity index (χ4v) is 5.50. The second kappa shape index (κ2) is 8.87. The van der Waals surface area contributed by atoms with Gasteiger partial charge in [0.1, 0.15) is 5.37 Å². The van der Waals surface area contributed by atoms with E-state index in [0.29, 0.717) is 4.88 Å². The van der Waals surface area contributed by atoms with Gasteiger partial charge in [-0.25, -0.2) is 4.98 Å². The third kappa shape index (κ3) is 5.60. The number of rotatable bonds is 7. The molecule has 0 fully saturated rings. The summed E-state index contributed by atoms with van der Waals surface area (Å²) in [5.74, 6) is -0.429. The average Bonchev–Trinajstić information content (AvgIpc) is 3.30. The van der Waals surface area contributed by atoms with E-state index in [0.717, 1.165) is 20.6 Å². The third-order valence-corrected chi connectivity index (χ3v) is 7.68. The lowest BCUT2D eigenvalue weighted by atomic mass is 9.87. The molecule has 2 unspecified atom stereocenters. The van der Waals surface area contributed by atoms with Gasteiger partial charge < -0.3 is 16.2 Å². The molecule has 0 bridgehead atoms. The highest BCUT2D eigenvalue weighted by molar-refractivity contribution is 8.01. The SMILES string of the molecule is CC(O)C(Nc1cccc(C(C)(C)C)c1)Sc1nc(-c2ccc(C(N)=O)s2)cs1. The quantitative estimate of drug-likeness (QED) is 0.343. The highest BCUT2D eigenvalue weighted by Crippen LogP contribution is 2.35. The Labute approximate surface area is 183 Å². The van der Waals surface area contributed by atoms with Gasteiger partial charge in [0.05, 0.1) is 21.6 Å². The van der Waals surface area contributed by atoms with E-state index in [4.69, 9.17) is 5.73 Å². The minimum absolute atomic E-state index is 0.0554. The van der Waals surface area contributed by atoms with Crippen LogP contribution in [0.1, 0.15) is 42.9 Å². The number of benzene rings is 1. The predicted octanol–water partition coefficient (Wildman–Crippen LogP) is 5.18. The topological polar surface area (TPSA) is 88.2 Å². The number of aliphatic hydroxyl groups is 1. The summed E-state index contributed by atoms with van der Waals surface area (Å²) in [7, 11) is 0. The van der Waals surface area contributed by atoms with E-state index in [1.165, 1.54) is 40.0 Å². The van der Waals surface area contributed by atoms with Crippen LogP contribution in [0.2, 0.25) is 0 Å². The number of carbonyl (C=O) groups excluding carboxylic acids is 1. The van der Waals surface area contributed by atoms with Gasteiger partial charge in [0, 0.05) is 11.1 Å². The van der Waals surface area contributed by atoms with Crippen LogP contribution < -0.4 is 11.1 Å². The number of aliphatic hydroxyl groups excluding tert-OH is 1. The highest BCUT2D eigenvalue weighted by Gasteiger charge is 2.20. The van der Waals surface area contributed by atoms with Gasteiger partial charge >= 0.3 is 0 Å². The second-order valence-electron chi connectivity index (χ2n) is 7.78.